The Kier molecular flexibility index (Phi) is 5.33. The lowest BCUT2D eigenvalue weighted by atomic mass is 10.2. The summed E-state index contributed by atoms with van der Waals surface area (Å²) >= 11 is 4.57. The number of urea groups is 1. The van der Waals surface area contributed by atoms with Gasteiger partial charge in [0.05, 0.1) is 20.7 Å². The van der Waals surface area contributed by atoms with Crippen molar-refractivity contribution in [3.8, 4) is 21.1 Å². The normalized spacial score (nSPS) is 14.7. The average molecular weight is 419 g/mol. The SMILES string of the molecule is C[C@H](Sc1nc(-c2cccs2)c(-c2cccs2)[nH]1)C(=O)NC(=O)NC1CC1. The highest BCUT2D eigenvalue weighted by Gasteiger charge is 2.26. The van der Waals surface area contributed by atoms with E-state index in [0.717, 1.165) is 34.0 Å². The molecule has 3 aromatic rings. The van der Waals surface area contributed by atoms with Crippen molar-refractivity contribution >= 4 is 46.4 Å². The maximum atomic E-state index is 12.3. The van der Waals surface area contributed by atoms with E-state index in [1.807, 2.05) is 35.0 Å². The Bertz CT molecular complexity index is 878. The quantitative estimate of drug-likeness (QED) is 0.520. The van der Waals surface area contributed by atoms with Crippen LogP contribution in [0.25, 0.3) is 21.1 Å². The molecule has 0 saturated heterocycles. The van der Waals surface area contributed by atoms with Crippen LogP contribution in [0.3, 0.4) is 0 Å². The molecule has 1 saturated carbocycles. The molecular weight excluding hydrogens is 400 g/mol. The first-order valence-corrected chi connectivity index (χ1v) is 11.2. The molecule has 3 heterocycles. The summed E-state index contributed by atoms with van der Waals surface area (Å²) in [6, 6.07) is 7.86. The van der Waals surface area contributed by atoms with Crippen molar-refractivity contribution in [2.75, 3.05) is 0 Å². The largest absolute Gasteiger partial charge is 0.335 e. The molecule has 1 aliphatic rings. The average Bonchev–Trinajstić information content (AvgIpc) is 3.10. The van der Waals surface area contributed by atoms with E-state index in [-0.39, 0.29) is 11.9 Å². The molecule has 0 bridgehead atoms. The van der Waals surface area contributed by atoms with Crippen molar-refractivity contribution in [2.45, 2.75) is 36.2 Å². The van der Waals surface area contributed by atoms with Gasteiger partial charge in [0.1, 0.15) is 5.69 Å². The predicted octanol–water partition coefficient (Wildman–Crippen LogP) is 4.34. The fourth-order valence-corrected chi connectivity index (χ4v) is 4.73. The van der Waals surface area contributed by atoms with Gasteiger partial charge in [0, 0.05) is 6.04 Å². The lowest BCUT2D eigenvalue weighted by molar-refractivity contribution is -0.119. The first-order chi connectivity index (χ1) is 13.1. The Balaban J connectivity index is 1.49. The Morgan fingerprint density at radius 1 is 1.22 bits per heavy atom. The molecule has 0 aliphatic heterocycles. The summed E-state index contributed by atoms with van der Waals surface area (Å²) in [6.45, 7) is 1.77. The van der Waals surface area contributed by atoms with Gasteiger partial charge in [-0.2, -0.15) is 0 Å². The van der Waals surface area contributed by atoms with Crippen LogP contribution < -0.4 is 10.6 Å². The molecule has 1 aliphatic carbocycles. The molecule has 0 aromatic carbocycles. The molecule has 3 aromatic heterocycles. The Morgan fingerprint density at radius 3 is 2.56 bits per heavy atom. The number of carbonyl (C=O) groups is 2. The van der Waals surface area contributed by atoms with Crippen molar-refractivity contribution in [2.24, 2.45) is 0 Å². The minimum atomic E-state index is -0.450. The topological polar surface area (TPSA) is 86.9 Å². The second-order valence-corrected chi connectivity index (χ2v) is 9.44. The number of hydrogen-bond acceptors (Lipinski definition) is 6. The summed E-state index contributed by atoms with van der Waals surface area (Å²) in [5, 5.41) is 9.40. The van der Waals surface area contributed by atoms with Crippen molar-refractivity contribution in [1.82, 2.24) is 20.6 Å². The van der Waals surface area contributed by atoms with Crippen LogP contribution in [0, 0.1) is 0 Å². The molecule has 3 amide bonds. The van der Waals surface area contributed by atoms with Crippen LogP contribution in [-0.2, 0) is 4.79 Å². The lowest BCUT2D eigenvalue weighted by Gasteiger charge is -2.10. The highest BCUT2D eigenvalue weighted by molar-refractivity contribution is 8.00. The molecular formula is C18H18N4O2S3. The number of amides is 3. The number of rotatable bonds is 6. The number of hydrogen-bond donors (Lipinski definition) is 3. The molecule has 140 valence electrons. The molecule has 1 atom stereocenters. The summed E-state index contributed by atoms with van der Waals surface area (Å²) in [7, 11) is 0. The van der Waals surface area contributed by atoms with Crippen molar-refractivity contribution < 1.29 is 9.59 Å². The first kappa shape index (κ1) is 18.3. The highest BCUT2D eigenvalue weighted by atomic mass is 32.2. The van der Waals surface area contributed by atoms with Gasteiger partial charge in [0.25, 0.3) is 0 Å². The van der Waals surface area contributed by atoms with E-state index in [1.54, 1.807) is 29.6 Å². The molecule has 0 unspecified atom stereocenters. The number of nitrogens with zero attached hydrogens (tertiary/aromatic N) is 1. The summed E-state index contributed by atoms with van der Waals surface area (Å²) in [6.07, 6.45) is 1.96. The minimum absolute atomic E-state index is 0.215. The third kappa shape index (κ3) is 4.42. The zero-order valence-corrected chi connectivity index (χ0v) is 17.0. The molecule has 3 N–H and O–H groups in total. The van der Waals surface area contributed by atoms with Crippen molar-refractivity contribution in [3.05, 3.63) is 35.0 Å². The smallest absolute Gasteiger partial charge is 0.321 e. The molecule has 0 spiro atoms. The second-order valence-electron chi connectivity index (χ2n) is 6.22. The number of carbonyl (C=O) groups excluding carboxylic acids is 2. The maximum absolute atomic E-state index is 12.3. The highest BCUT2D eigenvalue weighted by Crippen LogP contribution is 2.37. The zero-order valence-electron chi connectivity index (χ0n) is 14.5. The maximum Gasteiger partial charge on any atom is 0.321 e. The van der Waals surface area contributed by atoms with Gasteiger partial charge in [0.15, 0.2) is 5.16 Å². The molecule has 27 heavy (non-hydrogen) atoms. The number of thiophene rings is 2. The van der Waals surface area contributed by atoms with E-state index in [2.05, 4.69) is 15.6 Å². The van der Waals surface area contributed by atoms with E-state index >= 15 is 0 Å². The number of imide groups is 1. The second kappa shape index (κ2) is 7.87. The number of nitrogens with one attached hydrogen (secondary N) is 3. The summed E-state index contributed by atoms with van der Waals surface area (Å²) < 4.78 is 0. The summed E-state index contributed by atoms with van der Waals surface area (Å²) in [4.78, 5) is 34.3. The van der Waals surface area contributed by atoms with E-state index in [1.165, 1.54) is 11.8 Å². The summed E-state index contributed by atoms with van der Waals surface area (Å²) in [5.74, 6) is -0.329. The van der Waals surface area contributed by atoms with Gasteiger partial charge < -0.3 is 10.3 Å². The van der Waals surface area contributed by atoms with Gasteiger partial charge in [-0.1, -0.05) is 23.9 Å². The Labute approximate surface area is 168 Å². The standard InChI is InChI=1S/C18H18N4O2S3/c1-10(16(23)22-17(24)19-11-6-7-11)27-18-20-14(12-4-2-8-25-12)15(21-18)13-5-3-9-26-13/h2-5,8-11H,6-7H2,1H3,(H,20,21)(H2,19,22,23,24)/t10-/m0/s1. The van der Waals surface area contributed by atoms with Crippen LogP contribution in [0.15, 0.2) is 40.2 Å². The molecule has 4 rings (SSSR count). The van der Waals surface area contributed by atoms with Crippen molar-refractivity contribution in [1.29, 1.82) is 0 Å². The summed E-state index contributed by atoms with van der Waals surface area (Å²) in [5.41, 5.74) is 1.84. The molecule has 6 nitrogen and oxygen atoms in total. The van der Waals surface area contributed by atoms with Gasteiger partial charge in [0.2, 0.25) is 5.91 Å². The zero-order chi connectivity index (χ0) is 18.8. The van der Waals surface area contributed by atoms with Gasteiger partial charge in [-0.15, -0.1) is 22.7 Å². The third-order valence-corrected chi connectivity index (χ3v) is 6.76. The van der Waals surface area contributed by atoms with Gasteiger partial charge in [-0.05, 0) is 42.7 Å². The lowest BCUT2D eigenvalue weighted by Crippen LogP contribution is -2.43. The number of imidazole rings is 1. The van der Waals surface area contributed by atoms with Gasteiger partial charge in [-0.3, -0.25) is 10.1 Å². The fourth-order valence-electron chi connectivity index (χ4n) is 2.48. The monoisotopic (exact) mass is 418 g/mol. The van der Waals surface area contributed by atoms with E-state index in [0.29, 0.717) is 5.16 Å². The van der Waals surface area contributed by atoms with Crippen LogP contribution in [-0.4, -0.2) is 33.2 Å². The van der Waals surface area contributed by atoms with Crippen LogP contribution >= 0.6 is 34.4 Å². The fraction of sp³-hybridized carbons (Fsp3) is 0.278. The first-order valence-electron chi connectivity index (χ1n) is 8.56. The van der Waals surface area contributed by atoms with Crippen LogP contribution in [0.1, 0.15) is 19.8 Å². The van der Waals surface area contributed by atoms with E-state index < -0.39 is 11.3 Å². The Hall–Kier alpha value is -2.10. The van der Waals surface area contributed by atoms with Crippen LogP contribution in [0.2, 0.25) is 0 Å². The van der Waals surface area contributed by atoms with Crippen LogP contribution in [0.5, 0.6) is 0 Å². The Morgan fingerprint density at radius 2 is 1.93 bits per heavy atom. The number of thioether (sulfide) groups is 1. The molecule has 0 radical (unpaired) electrons. The minimum Gasteiger partial charge on any atom is -0.335 e. The van der Waals surface area contributed by atoms with Crippen LogP contribution in [0.4, 0.5) is 4.79 Å². The van der Waals surface area contributed by atoms with Crippen molar-refractivity contribution in [3.63, 3.8) is 0 Å². The van der Waals surface area contributed by atoms with E-state index in [4.69, 9.17) is 4.98 Å². The molecule has 9 heteroatoms. The molecule has 1 fully saturated rings. The third-order valence-electron chi connectivity index (χ3n) is 4.01. The van der Waals surface area contributed by atoms with E-state index in [9.17, 15) is 9.59 Å². The van der Waals surface area contributed by atoms with Gasteiger partial charge >= 0.3 is 6.03 Å². The number of aromatic nitrogens is 2. The van der Waals surface area contributed by atoms with Gasteiger partial charge in [-0.25, -0.2) is 9.78 Å². The number of H-pyrrole nitrogens is 1. The number of aromatic amines is 1. The predicted molar refractivity (Wildman–Crippen MR) is 110 cm³/mol.